The summed E-state index contributed by atoms with van der Waals surface area (Å²) in [5, 5.41) is 39.5. The number of esters is 1. The van der Waals surface area contributed by atoms with Crippen LogP contribution in [0.2, 0.25) is 0 Å². The molecule has 1 aromatic heterocycles. The predicted octanol–water partition coefficient (Wildman–Crippen LogP) is 6.77. The van der Waals surface area contributed by atoms with Crippen molar-refractivity contribution in [2.75, 3.05) is 41.1 Å². The maximum absolute atomic E-state index is 14.7. The Morgan fingerprint density at radius 2 is 1.60 bits per heavy atom. The number of hydrogen-bond acceptors (Lipinski definition) is 16. The van der Waals surface area contributed by atoms with E-state index in [-0.39, 0.29) is 98.9 Å². The summed E-state index contributed by atoms with van der Waals surface area (Å²) < 4.78 is 38.3. The SMILES string of the molecule is CO[C@H]1C[C@@H]2CC[C@@H](C)[C@@](C)(O2)C(=O)C(=O)N2CCCC[C@H]2C(=O)O[C@H]([C@H](C)C[C@@H]2CC[C@@H](OCc3cn(C(C)(CO)CO)nn3)[C@H](OC)C2)CC(=O)[C@H](C)/C=C(\C)[C@@H](O)[C@@H](OC)C(=O)[C@H](C)C[C@H](C)/C=C/C=C/C=C/1C. The zero-order valence-electron chi connectivity index (χ0n) is 48.1. The van der Waals surface area contributed by atoms with Crippen LogP contribution in [0.4, 0.5) is 0 Å². The fourth-order valence-corrected chi connectivity index (χ4v) is 11.5. The average Bonchev–Trinajstić information content (AvgIpc) is 3.92. The Morgan fingerprint density at radius 1 is 0.870 bits per heavy atom. The second-order valence-corrected chi connectivity index (χ2v) is 23.3. The smallest absolute Gasteiger partial charge is 0.329 e. The Kier molecular flexibility index (Phi) is 24.2. The molecule has 2 bridgehead atoms. The van der Waals surface area contributed by atoms with Gasteiger partial charge in [0.15, 0.2) is 5.78 Å². The van der Waals surface area contributed by atoms with Gasteiger partial charge in [-0.05, 0) is 127 Å². The molecule has 18 nitrogen and oxygen atoms in total. The second kappa shape index (κ2) is 29.3. The Bertz CT molecular complexity index is 2250. The number of hydrogen-bond donors (Lipinski definition) is 3. The molecule has 1 saturated carbocycles. The van der Waals surface area contributed by atoms with Crippen molar-refractivity contribution < 1.29 is 67.7 Å². The van der Waals surface area contributed by atoms with Crippen molar-refractivity contribution >= 4 is 29.2 Å². The van der Waals surface area contributed by atoms with Crippen molar-refractivity contribution in [1.29, 1.82) is 0 Å². The van der Waals surface area contributed by atoms with Gasteiger partial charge in [0, 0.05) is 52.6 Å². The third-order valence-electron chi connectivity index (χ3n) is 17.1. The zero-order valence-corrected chi connectivity index (χ0v) is 48.1. The van der Waals surface area contributed by atoms with Gasteiger partial charge < -0.3 is 48.6 Å². The number of aromatic nitrogens is 3. The number of fused-ring (bicyclic) bond motifs is 3. The van der Waals surface area contributed by atoms with Crippen LogP contribution in [-0.4, -0.2) is 160 Å². The number of amides is 1. The number of aliphatic hydroxyl groups excluding tert-OH is 3. The third kappa shape index (κ3) is 16.4. The summed E-state index contributed by atoms with van der Waals surface area (Å²) in [7, 11) is 4.66. The van der Waals surface area contributed by atoms with Crippen LogP contribution in [0.25, 0.3) is 0 Å². The number of carbonyl (C=O) groups is 5. The maximum Gasteiger partial charge on any atom is 0.329 e. The first kappa shape index (κ1) is 63.6. The van der Waals surface area contributed by atoms with Crippen molar-refractivity contribution in [2.24, 2.45) is 35.5 Å². The van der Waals surface area contributed by atoms with E-state index in [0.29, 0.717) is 69.1 Å². The highest BCUT2D eigenvalue weighted by atomic mass is 16.6. The van der Waals surface area contributed by atoms with Crippen molar-refractivity contribution in [3.05, 3.63) is 59.5 Å². The van der Waals surface area contributed by atoms with Crippen LogP contribution in [0, 0.1) is 35.5 Å². The molecule has 4 aliphatic rings. The molecular weight excluding hydrogens is 989 g/mol. The highest BCUT2D eigenvalue weighted by Crippen LogP contribution is 2.39. The number of Topliss-reactive ketones (excluding diaryl/α,β-unsaturated/α-hetero) is 3. The van der Waals surface area contributed by atoms with Gasteiger partial charge >= 0.3 is 5.97 Å². The molecule has 77 heavy (non-hydrogen) atoms. The molecule has 0 aromatic carbocycles. The summed E-state index contributed by atoms with van der Waals surface area (Å²) >= 11 is 0. The molecule has 5 rings (SSSR count). The van der Waals surface area contributed by atoms with E-state index in [4.69, 9.17) is 28.4 Å². The Labute approximate surface area is 457 Å². The molecule has 1 aliphatic carbocycles. The summed E-state index contributed by atoms with van der Waals surface area (Å²) in [6, 6.07) is -1.07. The first-order chi connectivity index (χ1) is 36.5. The van der Waals surface area contributed by atoms with Gasteiger partial charge in [0.25, 0.3) is 11.7 Å². The molecule has 1 aromatic rings. The van der Waals surface area contributed by atoms with Crippen LogP contribution in [0.1, 0.15) is 145 Å². The van der Waals surface area contributed by atoms with Crippen LogP contribution in [0.5, 0.6) is 0 Å². The standard InChI is InChI=1S/C59H92N4O14/c1-36-18-14-13-15-19-37(2)49(72-10)30-45-23-21-42(7)59(9,77-45)55(69)56(70)62-25-17-16-20-46(62)57(71)76-50(31-47(66)38(3)27-41(6)53(68)54(74-12)52(67)40(5)26-36)39(4)28-43-22-24-48(51(29-43)73-11)75-33-44-32-63(61-60-44)58(8,34-64)35-65/h13-15,18-19,27,32,36,38-40,42-43,45-46,48-51,53-54,64-65,68H,16-17,20-26,28-31,33-35H2,1-12H3/b15-13+,18-14+,37-19+,41-27+/t36-,38-,39-,40-,42-,43+,45+,46+,48-,49+,50+,51-,53-,54+,59-/m1/s1. The van der Waals surface area contributed by atoms with Gasteiger partial charge in [-0.15, -0.1) is 5.10 Å². The van der Waals surface area contributed by atoms with Gasteiger partial charge in [-0.25, -0.2) is 9.48 Å². The molecule has 4 heterocycles. The normalized spacial score (nSPS) is 36.2. The van der Waals surface area contributed by atoms with Gasteiger partial charge in [-0.1, -0.05) is 76.3 Å². The number of aliphatic hydroxyl groups is 3. The van der Waals surface area contributed by atoms with E-state index in [9.17, 15) is 39.3 Å². The van der Waals surface area contributed by atoms with Gasteiger partial charge in [0.05, 0.1) is 50.4 Å². The van der Waals surface area contributed by atoms with E-state index < -0.39 is 65.0 Å². The van der Waals surface area contributed by atoms with E-state index in [1.807, 2.05) is 65.0 Å². The van der Waals surface area contributed by atoms with E-state index in [2.05, 4.69) is 10.3 Å². The highest BCUT2D eigenvalue weighted by Gasteiger charge is 2.51. The number of nitrogens with zero attached hydrogens (tertiary/aromatic N) is 4. The minimum atomic E-state index is -1.46. The largest absolute Gasteiger partial charge is 0.460 e. The van der Waals surface area contributed by atoms with Crippen LogP contribution in [-0.2, 0) is 64.5 Å². The Hall–Kier alpha value is -4.27. The minimum absolute atomic E-state index is 0.0242. The molecular formula is C59H92N4O14. The number of piperidine rings is 1. The zero-order chi connectivity index (χ0) is 56.8. The topological polar surface area (TPSA) is 235 Å². The monoisotopic (exact) mass is 1080 g/mol. The number of methoxy groups -OCH3 is 3. The quantitative estimate of drug-likeness (QED) is 0.111. The Balaban J connectivity index is 1.42. The van der Waals surface area contributed by atoms with Gasteiger partial charge in [0.2, 0.25) is 0 Å². The number of cyclic esters (lactones) is 1. The van der Waals surface area contributed by atoms with Crippen molar-refractivity contribution in [2.45, 2.75) is 206 Å². The molecule has 2 saturated heterocycles. The van der Waals surface area contributed by atoms with Gasteiger partial charge in [-0.2, -0.15) is 0 Å². The third-order valence-corrected chi connectivity index (χ3v) is 17.1. The summed E-state index contributed by atoms with van der Waals surface area (Å²) in [6.07, 6.45) is 14.6. The lowest BCUT2D eigenvalue weighted by Gasteiger charge is -2.44. The molecule has 3 fully saturated rings. The first-order valence-corrected chi connectivity index (χ1v) is 28.1. The van der Waals surface area contributed by atoms with Crippen molar-refractivity contribution in [3.8, 4) is 0 Å². The molecule has 0 spiro atoms. The minimum Gasteiger partial charge on any atom is -0.460 e. The number of ether oxygens (including phenoxy) is 6. The van der Waals surface area contributed by atoms with E-state index in [1.165, 1.54) is 16.7 Å². The van der Waals surface area contributed by atoms with Crippen molar-refractivity contribution in [3.63, 3.8) is 0 Å². The molecule has 0 radical (unpaired) electrons. The maximum atomic E-state index is 14.7. The first-order valence-electron chi connectivity index (χ1n) is 28.1. The molecule has 0 unspecified atom stereocenters. The highest BCUT2D eigenvalue weighted by molar-refractivity contribution is 6.39. The fourth-order valence-electron chi connectivity index (χ4n) is 11.5. The average molecular weight is 1080 g/mol. The molecule has 15 atom stereocenters. The Morgan fingerprint density at radius 3 is 2.27 bits per heavy atom. The van der Waals surface area contributed by atoms with Crippen LogP contribution < -0.4 is 0 Å². The number of allylic oxidation sites excluding steroid dienone is 6. The molecule has 3 N–H and O–H groups in total. The molecule has 432 valence electrons. The molecule has 3 aliphatic heterocycles. The fraction of sp³-hybridized carbons (Fsp3) is 0.746. The van der Waals surface area contributed by atoms with Crippen LogP contribution in [0.15, 0.2) is 53.8 Å². The summed E-state index contributed by atoms with van der Waals surface area (Å²) in [4.78, 5) is 73.4. The van der Waals surface area contributed by atoms with E-state index in [0.717, 1.165) is 12.0 Å². The number of carbonyl (C=O) groups excluding carboxylic acids is 5. The second-order valence-electron chi connectivity index (χ2n) is 23.3. The summed E-state index contributed by atoms with van der Waals surface area (Å²) in [5.74, 6) is -4.41. The lowest BCUT2D eigenvalue weighted by Crippen LogP contribution is -2.59. The van der Waals surface area contributed by atoms with Gasteiger partial charge in [-0.3, -0.25) is 19.2 Å². The molecule has 18 heteroatoms. The van der Waals surface area contributed by atoms with E-state index in [1.54, 1.807) is 54.2 Å². The number of rotatable bonds is 12. The summed E-state index contributed by atoms with van der Waals surface area (Å²) in [6.45, 7) is 16.1. The van der Waals surface area contributed by atoms with Crippen molar-refractivity contribution in [1.82, 2.24) is 19.9 Å². The van der Waals surface area contributed by atoms with Crippen LogP contribution >= 0.6 is 0 Å². The van der Waals surface area contributed by atoms with E-state index >= 15 is 0 Å². The molecule has 1 amide bonds. The van der Waals surface area contributed by atoms with Gasteiger partial charge in [0.1, 0.15) is 47.0 Å². The lowest BCUT2D eigenvalue weighted by molar-refractivity contribution is -0.184. The van der Waals surface area contributed by atoms with Crippen LogP contribution in [0.3, 0.4) is 0 Å². The lowest BCUT2D eigenvalue weighted by atomic mass is 9.78. The predicted molar refractivity (Wildman–Crippen MR) is 289 cm³/mol. The summed E-state index contributed by atoms with van der Waals surface area (Å²) in [5.41, 5.74) is -0.596. The number of ketones is 3.